The Morgan fingerprint density at radius 1 is 1.35 bits per heavy atom. The first-order valence-electron chi connectivity index (χ1n) is 6.51. The summed E-state index contributed by atoms with van der Waals surface area (Å²) in [6.07, 6.45) is 1.78. The molecule has 0 aliphatic carbocycles. The minimum atomic E-state index is 0.270. The summed E-state index contributed by atoms with van der Waals surface area (Å²) in [7, 11) is 0. The van der Waals surface area contributed by atoms with Gasteiger partial charge >= 0.3 is 0 Å². The summed E-state index contributed by atoms with van der Waals surface area (Å²) >= 11 is 1.58. The number of nitrogens with zero attached hydrogens (tertiary/aromatic N) is 1. The zero-order chi connectivity index (χ0) is 13.8. The van der Waals surface area contributed by atoms with Crippen LogP contribution in [0.2, 0.25) is 0 Å². The third-order valence-electron chi connectivity index (χ3n) is 2.96. The summed E-state index contributed by atoms with van der Waals surface area (Å²) in [6.45, 7) is 4.45. The van der Waals surface area contributed by atoms with Crippen molar-refractivity contribution in [3.05, 3.63) is 34.3 Å². The van der Waals surface area contributed by atoms with Gasteiger partial charge in [-0.3, -0.25) is 0 Å². The van der Waals surface area contributed by atoms with Crippen LogP contribution in [0.4, 0.5) is 0 Å². The molecular weight excluding hydrogens is 276 g/mol. The largest absolute Gasteiger partial charge is 0.486 e. The summed E-state index contributed by atoms with van der Waals surface area (Å²) in [5.41, 5.74) is 1.06. The van der Waals surface area contributed by atoms with Crippen molar-refractivity contribution in [2.24, 2.45) is 0 Å². The molecule has 0 radical (unpaired) electrons. The van der Waals surface area contributed by atoms with Crippen LogP contribution in [0.15, 0.2) is 23.7 Å². The predicted octanol–water partition coefficient (Wildman–Crippen LogP) is 2.56. The van der Waals surface area contributed by atoms with E-state index in [0.717, 1.165) is 40.9 Å². The van der Waals surface area contributed by atoms with Gasteiger partial charge in [0, 0.05) is 29.8 Å². The van der Waals surface area contributed by atoms with E-state index in [2.05, 4.69) is 17.2 Å². The van der Waals surface area contributed by atoms with E-state index in [-0.39, 0.29) is 6.79 Å². The van der Waals surface area contributed by atoms with Crippen molar-refractivity contribution >= 4 is 11.3 Å². The number of fused-ring (bicyclic) bond motifs is 1. The highest BCUT2D eigenvalue weighted by Gasteiger charge is 2.18. The molecule has 1 aromatic carbocycles. The molecule has 3 rings (SSSR count). The fourth-order valence-electron chi connectivity index (χ4n) is 1.96. The van der Waals surface area contributed by atoms with E-state index in [9.17, 15) is 0 Å². The van der Waals surface area contributed by atoms with Crippen LogP contribution in [0.3, 0.4) is 0 Å². The summed E-state index contributed by atoms with van der Waals surface area (Å²) in [4.78, 5) is 4.22. The fraction of sp³-hybridized carbons (Fsp3) is 0.357. The highest BCUT2D eigenvalue weighted by molar-refractivity contribution is 7.09. The first-order chi connectivity index (χ1) is 9.86. The Bertz CT molecular complexity index is 572. The molecule has 2 aromatic rings. The molecule has 6 heteroatoms. The van der Waals surface area contributed by atoms with E-state index in [1.165, 1.54) is 0 Å². The number of ether oxygens (including phenoxy) is 3. The molecule has 0 saturated carbocycles. The molecule has 0 unspecified atom stereocenters. The summed E-state index contributed by atoms with van der Waals surface area (Å²) in [5, 5.41) is 6.20. The van der Waals surface area contributed by atoms with E-state index < -0.39 is 0 Å². The number of nitrogens with one attached hydrogen (secondary N) is 1. The quantitative estimate of drug-likeness (QED) is 0.887. The molecule has 1 aliphatic rings. The molecule has 106 valence electrons. The highest BCUT2D eigenvalue weighted by atomic mass is 32.1. The van der Waals surface area contributed by atoms with Gasteiger partial charge in [0.25, 0.3) is 0 Å². The maximum atomic E-state index is 5.88. The van der Waals surface area contributed by atoms with Crippen molar-refractivity contribution in [2.75, 3.05) is 13.3 Å². The third-order valence-corrected chi connectivity index (χ3v) is 3.71. The van der Waals surface area contributed by atoms with Gasteiger partial charge in [-0.05, 0) is 12.6 Å². The standard InChI is InChI=1S/C14H16N2O3S/c1-2-15-7-10-5-12-13(19-9-18-12)6-11(10)17-8-14-16-3-4-20-14/h3-6,15H,2,7-9H2,1H3. The smallest absolute Gasteiger partial charge is 0.231 e. The minimum Gasteiger partial charge on any atom is -0.486 e. The Kier molecular flexibility index (Phi) is 4.03. The van der Waals surface area contributed by atoms with Crippen LogP contribution < -0.4 is 19.5 Å². The molecule has 1 aliphatic heterocycles. The van der Waals surface area contributed by atoms with Crippen molar-refractivity contribution in [1.82, 2.24) is 10.3 Å². The molecule has 0 atom stereocenters. The van der Waals surface area contributed by atoms with Crippen molar-refractivity contribution in [2.45, 2.75) is 20.1 Å². The second-order valence-electron chi connectivity index (χ2n) is 4.31. The molecule has 1 aromatic heterocycles. The van der Waals surface area contributed by atoms with E-state index in [4.69, 9.17) is 14.2 Å². The van der Waals surface area contributed by atoms with Crippen LogP contribution in [-0.4, -0.2) is 18.3 Å². The van der Waals surface area contributed by atoms with Gasteiger partial charge in [-0.2, -0.15) is 0 Å². The number of rotatable bonds is 6. The Labute approximate surface area is 121 Å². The maximum absolute atomic E-state index is 5.88. The van der Waals surface area contributed by atoms with Crippen molar-refractivity contribution < 1.29 is 14.2 Å². The van der Waals surface area contributed by atoms with E-state index in [1.807, 2.05) is 17.5 Å². The van der Waals surface area contributed by atoms with Crippen LogP contribution in [0.25, 0.3) is 0 Å². The van der Waals surface area contributed by atoms with Gasteiger partial charge in [-0.15, -0.1) is 11.3 Å². The van der Waals surface area contributed by atoms with Crippen LogP contribution in [0.5, 0.6) is 17.2 Å². The molecule has 5 nitrogen and oxygen atoms in total. The van der Waals surface area contributed by atoms with Gasteiger partial charge in [-0.1, -0.05) is 6.92 Å². The Balaban J connectivity index is 1.79. The monoisotopic (exact) mass is 292 g/mol. The third kappa shape index (κ3) is 2.86. The predicted molar refractivity (Wildman–Crippen MR) is 76.4 cm³/mol. The van der Waals surface area contributed by atoms with Gasteiger partial charge in [0.2, 0.25) is 6.79 Å². The average Bonchev–Trinajstić information content (AvgIpc) is 3.12. The zero-order valence-electron chi connectivity index (χ0n) is 11.2. The second-order valence-corrected chi connectivity index (χ2v) is 5.29. The molecule has 0 amide bonds. The molecular formula is C14H16N2O3S. The van der Waals surface area contributed by atoms with Gasteiger partial charge < -0.3 is 19.5 Å². The van der Waals surface area contributed by atoms with E-state index in [1.54, 1.807) is 17.5 Å². The lowest BCUT2D eigenvalue weighted by Gasteiger charge is -2.12. The van der Waals surface area contributed by atoms with Crippen LogP contribution in [0, 0.1) is 0 Å². The summed E-state index contributed by atoms with van der Waals surface area (Å²) in [5.74, 6) is 2.32. The van der Waals surface area contributed by atoms with Crippen molar-refractivity contribution in [3.8, 4) is 17.2 Å². The van der Waals surface area contributed by atoms with Crippen LogP contribution in [0.1, 0.15) is 17.5 Å². The first-order valence-corrected chi connectivity index (χ1v) is 7.39. The molecule has 20 heavy (non-hydrogen) atoms. The molecule has 0 spiro atoms. The van der Waals surface area contributed by atoms with Gasteiger partial charge in [0.15, 0.2) is 11.5 Å². The van der Waals surface area contributed by atoms with E-state index in [0.29, 0.717) is 6.61 Å². The SMILES string of the molecule is CCNCc1cc2c(cc1OCc1nccs1)OCO2. The van der Waals surface area contributed by atoms with Crippen molar-refractivity contribution in [3.63, 3.8) is 0 Å². The number of aromatic nitrogens is 1. The molecule has 1 N–H and O–H groups in total. The van der Waals surface area contributed by atoms with Crippen molar-refractivity contribution in [1.29, 1.82) is 0 Å². The molecule has 0 bridgehead atoms. The van der Waals surface area contributed by atoms with Gasteiger partial charge in [0.05, 0.1) is 0 Å². The number of hydrogen-bond donors (Lipinski definition) is 1. The lowest BCUT2D eigenvalue weighted by atomic mass is 10.1. The topological polar surface area (TPSA) is 52.6 Å². The van der Waals surface area contributed by atoms with Crippen LogP contribution >= 0.6 is 11.3 Å². The minimum absolute atomic E-state index is 0.270. The van der Waals surface area contributed by atoms with Gasteiger partial charge in [0.1, 0.15) is 17.4 Å². The molecule has 2 heterocycles. The Morgan fingerprint density at radius 3 is 2.95 bits per heavy atom. The summed E-state index contributed by atoms with van der Waals surface area (Å²) in [6, 6.07) is 3.87. The first kappa shape index (κ1) is 13.2. The summed E-state index contributed by atoms with van der Waals surface area (Å²) < 4.78 is 16.7. The Hall–Kier alpha value is -1.79. The lowest BCUT2D eigenvalue weighted by molar-refractivity contribution is 0.173. The van der Waals surface area contributed by atoms with E-state index >= 15 is 0 Å². The second kappa shape index (κ2) is 6.11. The highest BCUT2D eigenvalue weighted by Crippen LogP contribution is 2.38. The van der Waals surface area contributed by atoms with Crippen LogP contribution in [-0.2, 0) is 13.2 Å². The fourth-order valence-corrected chi connectivity index (χ4v) is 2.49. The molecule has 0 fully saturated rings. The maximum Gasteiger partial charge on any atom is 0.231 e. The zero-order valence-corrected chi connectivity index (χ0v) is 12.0. The lowest BCUT2D eigenvalue weighted by Crippen LogP contribution is -2.13. The number of thiazole rings is 1. The number of benzene rings is 1. The Morgan fingerprint density at radius 2 is 2.20 bits per heavy atom. The average molecular weight is 292 g/mol. The molecule has 0 saturated heterocycles. The number of hydrogen-bond acceptors (Lipinski definition) is 6. The van der Waals surface area contributed by atoms with Gasteiger partial charge in [-0.25, -0.2) is 4.98 Å². The normalized spacial score (nSPS) is 12.7.